The van der Waals surface area contributed by atoms with Crippen LogP contribution in [0.4, 0.5) is 0 Å². The zero-order valence-electron chi connectivity index (χ0n) is 8.02. The summed E-state index contributed by atoms with van der Waals surface area (Å²) < 4.78 is 0. The average molecular weight is 159 g/mol. The van der Waals surface area contributed by atoms with Gasteiger partial charge in [0, 0.05) is 6.54 Å². The summed E-state index contributed by atoms with van der Waals surface area (Å²) in [4.78, 5) is 5.15. The zero-order valence-corrected chi connectivity index (χ0v) is 8.02. The molecule has 2 nitrogen and oxygen atoms in total. The summed E-state index contributed by atoms with van der Waals surface area (Å²) in [7, 11) is 0. The van der Waals surface area contributed by atoms with Crippen LogP contribution in [0.3, 0.4) is 0 Å². The molecule has 1 unspecified atom stereocenters. The minimum absolute atomic E-state index is 0.733. The largest absolute Gasteiger partial charge is 0.302 e. The topological polar surface area (TPSA) is 21.3 Å². The Morgan fingerprint density at radius 3 is 2.55 bits per heavy atom. The van der Waals surface area contributed by atoms with Crippen LogP contribution in [0.2, 0.25) is 0 Å². The van der Waals surface area contributed by atoms with Crippen molar-refractivity contribution < 1.29 is 4.84 Å². The normalized spacial score (nSPS) is 13.4. The van der Waals surface area contributed by atoms with Crippen LogP contribution in [0.5, 0.6) is 0 Å². The van der Waals surface area contributed by atoms with E-state index in [1.165, 1.54) is 12.8 Å². The maximum atomic E-state index is 5.15. The van der Waals surface area contributed by atoms with Crippen LogP contribution < -0.4 is 5.48 Å². The van der Waals surface area contributed by atoms with Crippen molar-refractivity contribution in [2.24, 2.45) is 5.92 Å². The highest BCUT2D eigenvalue weighted by Crippen LogP contribution is 2.02. The van der Waals surface area contributed by atoms with Gasteiger partial charge in [0.1, 0.15) is 0 Å². The lowest BCUT2D eigenvalue weighted by Crippen LogP contribution is -2.21. The van der Waals surface area contributed by atoms with Crippen LogP contribution in [-0.2, 0) is 4.84 Å². The van der Waals surface area contributed by atoms with Gasteiger partial charge >= 0.3 is 0 Å². The molecule has 0 amide bonds. The Morgan fingerprint density at radius 2 is 2.00 bits per heavy atom. The van der Waals surface area contributed by atoms with E-state index in [0.29, 0.717) is 0 Å². The number of hydrogen-bond donors (Lipinski definition) is 1. The average Bonchev–Trinajstić information content (AvgIpc) is 1.99. The molecule has 1 atom stereocenters. The van der Waals surface area contributed by atoms with Gasteiger partial charge in [0.2, 0.25) is 0 Å². The SMILES string of the molecule is CCCONCC(C)CCC. The molecule has 0 bridgehead atoms. The van der Waals surface area contributed by atoms with E-state index in [2.05, 4.69) is 26.3 Å². The van der Waals surface area contributed by atoms with Gasteiger partial charge in [-0.05, 0) is 18.8 Å². The number of hydrogen-bond acceptors (Lipinski definition) is 2. The summed E-state index contributed by atoms with van der Waals surface area (Å²) in [5.74, 6) is 0.733. The molecule has 0 radical (unpaired) electrons. The monoisotopic (exact) mass is 159 g/mol. The van der Waals surface area contributed by atoms with Crippen molar-refractivity contribution in [3.05, 3.63) is 0 Å². The quantitative estimate of drug-likeness (QED) is 0.455. The van der Waals surface area contributed by atoms with Crippen molar-refractivity contribution in [2.75, 3.05) is 13.2 Å². The van der Waals surface area contributed by atoms with Crippen molar-refractivity contribution in [2.45, 2.75) is 40.0 Å². The third kappa shape index (κ3) is 7.82. The van der Waals surface area contributed by atoms with Gasteiger partial charge in [-0.15, -0.1) is 0 Å². The van der Waals surface area contributed by atoms with Gasteiger partial charge in [0.25, 0.3) is 0 Å². The second-order valence-electron chi connectivity index (χ2n) is 3.09. The van der Waals surface area contributed by atoms with Crippen molar-refractivity contribution in [1.29, 1.82) is 0 Å². The second kappa shape index (κ2) is 8.02. The van der Waals surface area contributed by atoms with Gasteiger partial charge in [-0.2, -0.15) is 0 Å². The maximum absolute atomic E-state index is 5.15. The third-order valence-electron chi connectivity index (χ3n) is 1.62. The van der Waals surface area contributed by atoms with Crippen LogP contribution in [0.15, 0.2) is 0 Å². The fourth-order valence-corrected chi connectivity index (χ4v) is 0.970. The smallest absolute Gasteiger partial charge is 0.0679 e. The molecule has 0 aliphatic heterocycles. The molecule has 0 aliphatic carbocycles. The minimum Gasteiger partial charge on any atom is -0.302 e. The summed E-state index contributed by atoms with van der Waals surface area (Å²) in [6, 6.07) is 0. The number of hydroxylamine groups is 1. The van der Waals surface area contributed by atoms with Gasteiger partial charge < -0.3 is 4.84 Å². The highest BCUT2D eigenvalue weighted by Gasteiger charge is 1.98. The molecule has 0 aromatic heterocycles. The number of nitrogens with one attached hydrogen (secondary N) is 1. The van der Waals surface area contributed by atoms with E-state index in [0.717, 1.165) is 25.5 Å². The van der Waals surface area contributed by atoms with Crippen LogP contribution >= 0.6 is 0 Å². The Kier molecular flexibility index (Phi) is 7.96. The fourth-order valence-electron chi connectivity index (χ4n) is 0.970. The molecule has 0 aliphatic rings. The lowest BCUT2D eigenvalue weighted by Gasteiger charge is -2.10. The standard InChI is InChI=1S/C9H21NO/c1-4-6-9(3)8-10-11-7-5-2/h9-10H,4-8H2,1-3H3. The predicted molar refractivity (Wildman–Crippen MR) is 48.3 cm³/mol. The van der Waals surface area contributed by atoms with E-state index < -0.39 is 0 Å². The molecule has 2 heteroatoms. The molecular formula is C9H21NO. The Morgan fingerprint density at radius 1 is 1.27 bits per heavy atom. The first-order valence-electron chi connectivity index (χ1n) is 4.65. The van der Waals surface area contributed by atoms with E-state index in [1.807, 2.05) is 0 Å². The summed E-state index contributed by atoms with van der Waals surface area (Å²) in [5.41, 5.74) is 2.97. The van der Waals surface area contributed by atoms with Crippen LogP contribution in [0, 0.1) is 5.92 Å². The predicted octanol–water partition coefficient (Wildman–Crippen LogP) is 2.35. The van der Waals surface area contributed by atoms with E-state index in [-0.39, 0.29) is 0 Å². The van der Waals surface area contributed by atoms with Gasteiger partial charge in [-0.25, -0.2) is 5.48 Å². The Hall–Kier alpha value is -0.0800. The first-order valence-corrected chi connectivity index (χ1v) is 4.65. The Bertz CT molecular complexity index is 76.0. The van der Waals surface area contributed by atoms with Crippen molar-refractivity contribution in [1.82, 2.24) is 5.48 Å². The summed E-state index contributed by atoms with van der Waals surface area (Å²) in [5, 5.41) is 0. The van der Waals surface area contributed by atoms with E-state index in [9.17, 15) is 0 Å². The first-order chi connectivity index (χ1) is 5.31. The molecule has 68 valence electrons. The third-order valence-corrected chi connectivity index (χ3v) is 1.62. The Balaban J connectivity index is 2.97. The molecule has 0 saturated heterocycles. The minimum atomic E-state index is 0.733. The molecular weight excluding hydrogens is 138 g/mol. The van der Waals surface area contributed by atoms with Crippen molar-refractivity contribution >= 4 is 0 Å². The zero-order chi connectivity index (χ0) is 8.53. The summed E-state index contributed by atoms with van der Waals surface area (Å²) in [6.45, 7) is 8.36. The van der Waals surface area contributed by atoms with Crippen LogP contribution in [0.25, 0.3) is 0 Å². The molecule has 0 fully saturated rings. The Labute approximate surface area is 70.3 Å². The second-order valence-corrected chi connectivity index (χ2v) is 3.09. The van der Waals surface area contributed by atoms with Crippen molar-refractivity contribution in [3.63, 3.8) is 0 Å². The molecule has 0 aromatic rings. The molecule has 11 heavy (non-hydrogen) atoms. The van der Waals surface area contributed by atoms with Crippen molar-refractivity contribution in [3.8, 4) is 0 Å². The van der Waals surface area contributed by atoms with Gasteiger partial charge in [0.05, 0.1) is 6.61 Å². The van der Waals surface area contributed by atoms with E-state index >= 15 is 0 Å². The molecule has 0 heterocycles. The highest BCUT2D eigenvalue weighted by molar-refractivity contribution is 4.50. The molecule has 0 aromatic carbocycles. The lowest BCUT2D eigenvalue weighted by molar-refractivity contribution is 0.0334. The van der Waals surface area contributed by atoms with Gasteiger partial charge in [-0.1, -0.05) is 27.2 Å². The summed E-state index contributed by atoms with van der Waals surface area (Å²) in [6.07, 6.45) is 3.62. The van der Waals surface area contributed by atoms with E-state index in [1.54, 1.807) is 0 Å². The first kappa shape index (κ1) is 10.9. The maximum Gasteiger partial charge on any atom is 0.0679 e. The van der Waals surface area contributed by atoms with E-state index in [4.69, 9.17) is 4.84 Å². The van der Waals surface area contributed by atoms with Gasteiger partial charge in [0.15, 0.2) is 0 Å². The molecule has 0 rings (SSSR count). The van der Waals surface area contributed by atoms with Crippen LogP contribution in [0.1, 0.15) is 40.0 Å². The van der Waals surface area contributed by atoms with Gasteiger partial charge in [-0.3, -0.25) is 0 Å². The summed E-state index contributed by atoms with van der Waals surface area (Å²) >= 11 is 0. The van der Waals surface area contributed by atoms with Crippen LogP contribution in [-0.4, -0.2) is 13.2 Å². The molecule has 1 N–H and O–H groups in total. The number of rotatable bonds is 7. The highest BCUT2D eigenvalue weighted by atomic mass is 16.6. The molecule has 0 saturated carbocycles. The lowest BCUT2D eigenvalue weighted by atomic mass is 10.1. The molecule has 0 spiro atoms. The fraction of sp³-hybridized carbons (Fsp3) is 1.00.